The highest BCUT2D eigenvalue weighted by Crippen LogP contribution is 2.18. The summed E-state index contributed by atoms with van der Waals surface area (Å²) in [5, 5.41) is 0. The second kappa shape index (κ2) is 8.71. The van der Waals surface area contributed by atoms with E-state index in [-0.39, 0.29) is 6.04 Å². The molecule has 0 unspecified atom stereocenters. The van der Waals surface area contributed by atoms with Gasteiger partial charge in [0.05, 0.1) is 6.04 Å². The van der Waals surface area contributed by atoms with Crippen LogP contribution in [0.2, 0.25) is 0 Å². The van der Waals surface area contributed by atoms with Crippen LogP contribution in [0.4, 0.5) is 0 Å². The van der Waals surface area contributed by atoms with Gasteiger partial charge in [0.25, 0.3) is 0 Å². The summed E-state index contributed by atoms with van der Waals surface area (Å²) in [6.45, 7) is 6.98. The number of hydrogen-bond acceptors (Lipinski definition) is 4. The number of methoxy groups -OCH3 is 1. The zero-order valence-corrected chi connectivity index (χ0v) is 13.7. The van der Waals surface area contributed by atoms with Crippen molar-refractivity contribution in [3.05, 3.63) is 0 Å². The maximum atomic E-state index is 12.5. The molecule has 1 atom stereocenters. The van der Waals surface area contributed by atoms with Crippen LogP contribution < -0.4 is 0 Å². The molecule has 5 nitrogen and oxygen atoms in total. The molecule has 2 fully saturated rings. The van der Waals surface area contributed by atoms with Crippen molar-refractivity contribution in [2.45, 2.75) is 38.1 Å². The third-order valence-corrected chi connectivity index (χ3v) is 4.81. The Hall–Kier alpha value is -0.650. The normalized spacial score (nSPS) is 24.7. The fraction of sp³-hybridized carbons (Fsp3) is 0.938. The van der Waals surface area contributed by atoms with Gasteiger partial charge in [-0.15, -0.1) is 0 Å². The first kappa shape index (κ1) is 16.7. The Morgan fingerprint density at radius 2 is 1.86 bits per heavy atom. The molecule has 122 valence electrons. The molecule has 0 N–H and O–H groups in total. The zero-order chi connectivity index (χ0) is 15.1. The van der Waals surface area contributed by atoms with Gasteiger partial charge in [-0.25, -0.2) is 0 Å². The number of amides is 1. The van der Waals surface area contributed by atoms with Gasteiger partial charge in [-0.1, -0.05) is 0 Å². The molecule has 0 bridgehead atoms. The molecule has 0 spiro atoms. The van der Waals surface area contributed by atoms with Crippen molar-refractivity contribution in [1.82, 2.24) is 14.7 Å². The van der Waals surface area contributed by atoms with Crippen LogP contribution in [-0.2, 0) is 9.53 Å². The molecule has 0 radical (unpaired) electrons. The summed E-state index contributed by atoms with van der Waals surface area (Å²) in [5.41, 5.74) is 0. The second-order valence-electron chi connectivity index (χ2n) is 6.36. The van der Waals surface area contributed by atoms with Crippen LogP contribution in [-0.4, -0.2) is 86.7 Å². The van der Waals surface area contributed by atoms with Gasteiger partial charge in [0.2, 0.25) is 5.91 Å². The van der Waals surface area contributed by atoms with Crippen LogP contribution in [0.5, 0.6) is 0 Å². The molecule has 2 saturated heterocycles. The van der Waals surface area contributed by atoms with Crippen LogP contribution in [0.3, 0.4) is 0 Å². The van der Waals surface area contributed by atoms with E-state index in [1.165, 1.54) is 12.8 Å². The smallest absolute Gasteiger partial charge is 0.240 e. The molecule has 0 aromatic rings. The Morgan fingerprint density at radius 1 is 1.10 bits per heavy atom. The molecule has 5 heteroatoms. The highest BCUT2D eigenvalue weighted by molar-refractivity contribution is 5.82. The third-order valence-electron chi connectivity index (χ3n) is 4.81. The number of carbonyl (C=O) groups is 1. The molecule has 0 aromatic heterocycles. The van der Waals surface area contributed by atoms with Gasteiger partial charge in [-0.3, -0.25) is 14.6 Å². The number of unbranched alkanes of at least 4 members (excludes halogenated alkanes) is 2. The molecule has 0 saturated carbocycles. The number of hydrogen-bond donors (Lipinski definition) is 0. The van der Waals surface area contributed by atoms with Crippen molar-refractivity contribution in [1.29, 1.82) is 0 Å². The largest absolute Gasteiger partial charge is 0.385 e. The van der Waals surface area contributed by atoms with Gasteiger partial charge < -0.3 is 9.64 Å². The lowest BCUT2D eigenvalue weighted by Gasteiger charge is -2.36. The molecular weight excluding hydrogens is 266 g/mol. The average molecular weight is 297 g/mol. The molecule has 21 heavy (non-hydrogen) atoms. The number of likely N-dealkylation sites (N-methyl/N-ethyl adjacent to an activating group) is 1. The van der Waals surface area contributed by atoms with Gasteiger partial charge in [-0.2, -0.15) is 0 Å². The van der Waals surface area contributed by atoms with E-state index < -0.39 is 0 Å². The van der Waals surface area contributed by atoms with Crippen LogP contribution in [0.15, 0.2) is 0 Å². The summed E-state index contributed by atoms with van der Waals surface area (Å²) < 4.78 is 5.07. The fourth-order valence-electron chi connectivity index (χ4n) is 3.38. The first-order valence-electron chi connectivity index (χ1n) is 8.42. The molecule has 2 aliphatic rings. The average Bonchev–Trinajstić information content (AvgIpc) is 2.93. The van der Waals surface area contributed by atoms with E-state index in [9.17, 15) is 4.79 Å². The van der Waals surface area contributed by atoms with Gasteiger partial charge in [0.1, 0.15) is 0 Å². The van der Waals surface area contributed by atoms with E-state index in [2.05, 4.69) is 21.7 Å². The van der Waals surface area contributed by atoms with E-state index >= 15 is 0 Å². The van der Waals surface area contributed by atoms with Crippen LogP contribution in [0, 0.1) is 0 Å². The van der Waals surface area contributed by atoms with Gasteiger partial charge in [0.15, 0.2) is 0 Å². The fourth-order valence-corrected chi connectivity index (χ4v) is 3.38. The van der Waals surface area contributed by atoms with E-state index in [0.29, 0.717) is 5.91 Å². The van der Waals surface area contributed by atoms with Crippen molar-refractivity contribution in [2.75, 3.05) is 60.0 Å². The molecule has 1 amide bonds. The Labute approximate surface area is 129 Å². The standard InChI is InChI=1S/C16H31N3O2/c1-17-8-6-7-15(17)16(20)19-12-10-18(11-13-19)9-4-3-5-14-21-2/h15H,3-14H2,1-2H3/t15-/m0/s1. The highest BCUT2D eigenvalue weighted by atomic mass is 16.5. The van der Waals surface area contributed by atoms with Crippen molar-refractivity contribution in [2.24, 2.45) is 0 Å². The minimum absolute atomic E-state index is 0.144. The SMILES string of the molecule is COCCCCCN1CCN(C(=O)[C@@H]2CCCN2C)CC1. The Kier molecular flexibility index (Phi) is 6.93. The lowest BCUT2D eigenvalue weighted by Crippen LogP contribution is -2.53. The maximum absolute atomic E-state index is 12.5. The summed E-state index contributed by atoms with van der Waals surface area (Å²) >= 11 is 0. The lowest BCUT2D eigenvalue weighted by molar-refractivity contribution is -0.137. The number of rotatable bonds is 7. The van der Waals surface area contributed by atoms with E-state index in [1.807, 2.05) is 0 Å². The van der Waals surface area contributed by atoms with Crippen LogP contribution >= 0.6 is 0 Å². The van der Waals surface area contributed by atoms with Crippen molar-refractivity contribution in [3.63, 3.8) is 0 Å². The molecule has 2 aliphatic heterocycles. The predicted molar refractivity (Wildman–Crippen MR) is 84.4 cm³/mol. The lowest BCUT2D eigenvalue weighted by atomic mass is 10.1. The number of ether oxygens (including phenoxy) is 1. The van der Waals surface area contributed by atoms with Gasteiger partial charge in [0, 0.05) is 39.9 Å². The summed E-state index contributed by atoms with van der Waals surface area (Å²) in [4.78, 5) is 19.3. The van der Waals surface area contributed by atoms with Gasteiger partial charge >= 0.3 is 0 Å². The van der Waals surface area contributed by atoms with Crippen molar-refractivity contribution < 1.29 is 9.53 Å². The quantitative estimate of drug-likeness (QED) is 0.658. The van der Waals surface area contributed by atoms with Gasteiger partial charge in [-0.05, 0) is 52.2 Å². The summed E-state index contributed by atoms with van der Waals surface area (Å²) in [5.74, 6) is 0.356. The number of carbonyl (C=O) groups excluding carboxylic acids is 1. The Balaban J connectivity index is 1.62. The molecule has 0 aromatic carbocycles. The molecular formula is C16H31N3O2. The van der Waals surface area contributed by atoms with E-state index in [4.69, 9.17) is 4.74 Å². The number of likely N-dealkylation sites (tertiary alicyclic amines) is 1. The molecule has 2 heterocycles. The monoisotopic (exact) mass is 297 g/mol. The first-order chi connectivity index (χ1) is 10.2. The maximum Gasteiger partial charge on any atom is 0.240 e. The predicted octanol–water partition coefficient (Wildman–Crippen LogP) is 1.04. The van der Waals surface area contributed by atoms with Crippen LogP contribution in [0.25, 0.3) is 0 Å². The van der Waals surface area contributed by atoms with E-state index in [0.717, 1.165) is 65.1 Å². The second-order valence-corrected chi connectivity index (χ2v) is 6.36. The summed E-state index contributed by atoms with van der Waals surface area (Å²) in [7, 11) is 3.84. The van der Waals surface area contributed by atoms with Crippen molar-refractivity contribution in [3.8, 4) is 0 Å². The zero-order valence-electron chi connectivity index (χ0n) is 13.7. The highest BCUT2D eigenvalue weighted by Gasteiger charge is 2.32. The van der Waals surface area contributed by atoms with E-state index in [1.54, 1.807) is 7.11 Å². The Bertz CT molecular complexity index is 317. The summed E-state index contributed by atoms with van der Waals surface area (Å²) in [6, 6.07) is 0.144. The minimum atomic E-state index is 0.144. The minimum Gasteiger partial charge on any atom is -0.385 e. The van der Waals surface area contributed by atoms with Crippen molar-refractivity contribution >= 4 is 5.91 Å². The topological polar surface area (TPSA) is 36.0 Å². The molecule has 0 aliphatic carbocycles. The number of piperazine rings is 1. The molecule has 2 rings (SSSR count). The number of nitrogens with zero attached hydrogens (tertiary/aromatic N) is 3. The third kappa shape index (κ3) is 4.94. The first-order valence-corrected chi connectivity index (χ1v) is 8.42. The summed E-state index contributed by atoms with van der Waals surface area (Å²) in [6.07, 6.45) is 5.83. The Morgan fingerprint density at radius 3 is 2.48 bits per heavy atom. The van der Waals surface area contributed by atoms with Crippen LogP contribution in [0.1, 0.15) is 32.1 Å².